The summed E-state index contributed by atoms with van der Waals surface area (Å²) in [6.07, 6.45) is 0. The second kappa shape index (κ2) is 5.36. The van der Waals surface area contributed by atoms with Gasteiger partial charge in [0.1, 0.15) is 5.82 Å². The number of carbonyl (C=O) groups excluding carboxylic acids is 1. The summed E-state index contributed by atoms with van der Waals surface area (Å²) in [5.74, 6) is -0.797. The number of halogens is 2. The molecule has 0 unspecified atom stereocenters. The maximum absolute atomic E-state index is 13.0. The van der Waals surface area contributed by atoms with E-state index in [4.69, 9.17) is 18.0 Å². The summed E-state index contributed by atoms with van der Waals surface area (Å²) in [6, 6.07) is 3.92. The fourth-order valence-electron chi connectivity index (χ4n) is 1.17. The highest BCUT2D eigenvalue weighted by Gasteiger charge is 2.15. The molecular weight excluding hydrogens is 295 g/mol. The van der Waals surface area contributed by atoms with E-state index >= 15 is 0 Å². The van der Waals surface area contributed by atoms with Crippen LogP contribution in [0, 0.1) is 5.82 Å². The molecule has 16 heavy (non-hydrogen) atoms. The predicted octanol–water partition coefficient (Wildman–Crippen LogP) is 1.95. The van der Waals surface area contributed by atoms with Crippen LogP contribution in [0.25, 0.3) is 0 Å². The minimum Gasteiger partial charge on any atom is -0.392 e. The Bertz CT molecular complexity index is 439. The van der Waals surface area contributed by atoms with E-state index in [2.05, 4.69) is 15.9 Å². The molecule has 0 aliphatic carbocycles. The molecule has 1 rings (SSSR count). The van der Waals surface area contributed by atoms with Gasteiger partial charge in [0.05, 0.1) is 17.1 Å². The molecule has 1 aromatic rings. The molecule has 0 fully saturated rings. The molecule has 0 atom stereocenters. The van der Waals surface area contributed by atoms with Gasteiger partial charge in [0, 0.05) is 11.5 Å². The van der Waals surface area contributed by atoms with Gasteiger partial charge in [-0.15, -0.1) is 0 Å². The quantitative estimate of drug-likeness (QED) is 0.868. The summed E-state index contributed by atoms with van der Waals surface area (Å²) in [7, 11) is 1.55. The van der Waals surface area contributed by atoms with Gasteiger partial charge in [0.25, 0.3) is 5.91 Å². The lowest BCUT2D eigenvalue weighted by Gasteiger charge is -2.16. The van der Waals surface area contributed by atoms with Crippen molar-refractivity contribution in [3.63, 3.8) is 0 Å². The van der Waals surface area contributed by atoms with Crippen molar-refractivity contribution in [3.8, 4) is 0 Å². The second-order valence-corrected chi connectivity index (χ2v) is 4.63. The SMILES string of the molecule is CN(CC(N)=S)C(=O)c1cc(F)ccc1Br. The lowest BCUT2D eigenvalue weighted by Crippen LogP contribution is -2.34. The highest BCUT2D eigenvalue weighted by atomic mass is 79.9. The zero-order chi connectivity index (χ0) is 12.3. The minimum absolute atomic E-state index is 0.164. The molecular formula is C10H10BrFN2OS. The molecule has 1 aromatic carbocycles. The molecule has 0 radical (unpaired) electrons. The number of amides is 1. The van der Waals surface area contributed by atoms with Crippen molar-refractivity contribution in [3.05, 3.63) is 34.1 Å². The van der Waals surface area contributed by atoms with Crippen molar-refractivity contribution in [2.24, 2.45) is 5.73 Å². The van der Waals surface area contributed by atoms with E-state index in [1.165, 1.54) is 23.1 Å². The normalized spacial score (nSPS) is 9.94. The Kier molecular flexibility index (Phi) is 4.37. The zero-order valence-corrected chi connectivity index (χ0v) is 10.9. The molecule has 0 saturated carbocycles. The molecule has 0 aliphatic rings. The molecule has 6 heteroatoms. The molecule has 0 aliphatic heterocycles. The predicted molar refractivity (Wildman–Crippen MR) is 67.8 cm³/mol. The number of hydrogen-bond donors (Lipinski definition) is 1. The summed E-state index contributed by atoms with van der Waals surface area (Å²) in [4.78, 5) is 13.4. The summed E-state index contributed by atoms with van der Waals surface area (Å²) in [5, 5.41) is 0. The Morgan fingerprint density at radius 1 is 1.62 bits per heavy atom. The van der Waals surface area contributed by atoms with E-state index in [1.807, 2.05) is 0 Å². The largest absolute Gasteiger partial charge is 0.392 e. The number of rotatable bonds is 3. The van der Waals surface area contributed by atoms with Gasteiger partial charge in [0.2, 0.25) is 0 Å². The van der Waals surface area contributed by atoms with Crippen LogP contribution in [0.1, 0.15) is 10.4 Å². The smallest absolute Gasteiger partial charge is 0.255 e. The van der Waals surface area contributed by atoms with Crippen molar-refractivity contribution in [1.29, 1.82) is 0 Å². The van der Waals surface area contributed by atoms with Crippen molar-refractivity contribution in [2.75, 3.05) is 13.6 Å². The van der Waals surface area contributed by atoms with Crippen molar-refractivity contribution >= 4 is 39.0 Å². The van der Waals surface area contributed by atoms with E-state index in [1.54, 1.807) is 7.05 Å². The minimum atomic E-state index is -0.463. The Morgan fingerprint density at radius 2 is 2.25 bits per heavy atom. The highest BCUT2D eigenvalue weighted by molar-refractivity contribution is 9.10. The fourth-order valence-corrected chi connectivity index (χ4v) is 1.78. The maximum Gasteiger partial charge on any atom is 0.255 e. The van der Waals surface area contributed by atoms with Crippen molar-refractivity contribution < 1.29 is 9.18 Å². The van der Waals surface area contributed by atoms with Gasteiger partial charge in [-0.1, -0.05) is 12.2 Å². The Balaban J connectivity index is 2.95. The molecule has 3 nitrogen and oxygen atoms in total. The zero-order valence-electron chi connectivity index (χ0n) is 8.54. The van der Waals surface area contributed by atoms with Gasteiger partial charge in [-0.25, -0.2) is 4.39 Å². The van der Waals surface area contributed by atoms with E-state index < -0.39 is 5.82 Å². The van der Waals surface area contributed by atoms with Crippen LogP contribution in [-0.4, -0.2) is 29.4 Å². The van der Waals surface area contributed by atoms with Gasteiger partial charge < -0.3 is 10.6 Å². The monoisotopic (exact) mass is 304 g/mol. The van der Waals surface area contributed by atoms with Crippen LogP contribution in [0.2, 0.25) is 0 Å². The van der Waals surface area contributed by atoms with Crippen LogP contribution in [0.15, 0.2) is 22.7 Å². The van der Waals surface area contributed by atoms with Crippen LogP contribution in [0.4, 0.5) is 4.39 Å². The Labute approximate surface area is 107 Å². The van der Waals surface area contributed by atoms with E-state index in [0.717, 1.165) is 0 Å². The Hall–Kier alpha value is -1.01. The summed E-state index contributed by atoms with van der Waals surface area (Å²) < 4.78 is 13.5. The fraction of sp³-hybridized carbons (Fsp3) is 0.200. The third kappa shape index (κ3) is 3.24. The average Bonchev–Trinajstić information content (AvgIpc) is 2.19. The number of hydrogen-bond acceptors (Lipinski definition) is 2. The number of nitrogens with two attached hydrogens (primary N) is 1. The number of thiocarbonyl (C=S) groups is 1. The molecule has 0 saturated heterocycles. The summed E-state index contributed by atoms with van der Waals surface area (Å²) >= 11 is 7.88. The molecule has 0 heterocycles. The number of carbonyl (C=O) groups is 1. The van der Waals surface area contributed by atoms with Gasteiger partial charge >= 0.3 is 0 Å². The van der Waals surface area contributed by atoms with Crippen LogP contribution >= 0.6 is 28.1 Å². The molecule has 0 spiro atoms. The maximum atomic E-state index is 13.0. The highest BCUT2D eigenvalue weighted by Crippen LogP contribution is 2.19. The van der Waals surface area contributed by atoms with Crippen LogP contribution in [0.3, 0.4) is 0 Å². The first-order valence-electron chi connectivity index (χ1n) is 4.40. The topological polar surface area (TPSA) is 46.3 Å². The standard InChI is InChI=1S/C10H10BrFN2OS/c1-14(5-9(13)16)10(15)7-4-6(12)2-3-8(7)11/h2-4H,5H2,1H3,(H2,13,16). The van der Waals surface area contributed by atoms with Gasteiger partial charge in [-0.2, -0.15) is 0 Å². The Morgan fingerprint density at radius 3 is 2.81 bits per heavy atom. The van der Waals surface area contributed by atoms with Gasteiger partial charge in [-0.05, 0) is 34.1 Å². The molecule has 0 aromatic heterocycles. The van der Waals surface area contributed by atoms with Crippen LogP contribution in [0.5, 0.6) is 0 Å². The number of likely N-dealkylation sites (N-methyl/N-ethyl adjacent to an activating group) is 1. The molecule has 1 amide bonds. The molecule has 2 N–H and O–H groups in total. The molecule has 0 bridgehead atoms. The third-order valence-electron chi connectivity index (χ3n) is 1.90. The third-order valence-corrected chi connectivity index (χ3v) is 2.72. The average molecular weight is 305 g/mol. The second-order valence-electron chi connectivity index (χ2n) is 3.25. The van der Waals surface area contributed by atoms with E-state index in [9.17, 15) is 9.18 Å². The number of nitrogens with zero attached hydrogens (tertiary/aromatic N) is 1. The van der Waals surface area contributed by atoms with E-state index in [-0.39, 0.29) is 23.0 Å². The van der Waals surface area contributed by atoms with Gasteiger partial charge in [0.15, 0.2) is 0 Å². The van der Waals surface area contributed by atoms with Crippen LogP contribution < -0.4 is 5.73 Å². The van der Waals surface area contributed by atoms with Crippen molar-refractivity contribution in [2.45, 2.75) is 0 Å². The molecule has 86 valence electrons. The van der Waals surface area contributed by atoms with Crippen molar-refractivity contribution in [1.82, 2.24) is 4.90 Å². The summed E-state index contributed by atoms with van der Waals surface area (Å²) in [6.45, 7) is 0.164. The van der Waals surface area contributed by atoms with Crippen LogP contribution in [-0.2, 0) is 0 Å². The lowest BCUT2D eigenvalue weighted by atomic mass is 10.2. The first-order valence-corrected chi connectivity index (χ1v) is 5.60. The summed E-state index contributed by atoms with van der Waals surface area (Å²) in [5.41, 5.74) is 5.58. The van der Waals surface area contributed by atoms with E-state index in [0.29, 0.717) is 4.47 Å². The lowest BCUT2D eigenvalue weighted by molar-refractivity contribution is 0.0813. The first kappa shape index (κ1) is 13.1. The number of benzene rings is 1. The first-order chi connectivity index (χ1) is 7.41. The van der Waals surface area contributed by atoms with Gasteiger partial charge in [-0.3, -0.25) is 4.79 Å².